The van der Waals surface area contributed by atoms with Gasteiger partial charge in [0.2, 0.25) is 0 Å². The van der Waals surface area contributed by atoms with Gasteiger partial charge in [0.1, 0.15) is 11.8 Å². The number of para-hydroxylation sites is 1. The Morgan fingerprint density at radius 1 is 1.12 bits per heavy atom. The second kappa shape index (κ2) is 8.75. The molecule has 0 saturated carbocycles. The SMILES string of the molecule is CSc1ccc2c(c1)c(=O)n(C(Cc1c[nH]c3ccccc13)C(=O)O)c(=O)n2Cc1ccco1. The van der Waals surface area contributed by atoms with Crippen LogP contribution in [0.25, 0.3) is 21.8 Å². The van der Waals surface area contributed by atoms with Crippen molar-refractivity contribution in [2.24, 2.45) is 0 Å². The van der Waals surface area contributed by atoms with Gasteiger partial charge in [0.25, 0.3) is 5.56 Å². The summed E-state index contributed by atoms with van der Waals surface area (Å²) in [5.74, 6) is -0.736. The van der Waals surface area contributed by atoms with Crippen molar-refractivity contribution in [1.82, 2.24) is 14.1 Å². The van der Waals surface area contributed by atoms with E-state index in [2.05, 4.69) is 4.98 Å². The van der Waals surface area contributed by atoms with E-state index in [1.165, 1.54) is 22.6 Å². The first kappa shape index (κ1) is 21.8. The van der Waals surface area contributed by atoms with Gasteiger partial charge in [-0.1, -0.05) is 18.2 Å². The lowest BCUT2D eigenvalue weighted by molar-refractivity contribution is -0.141. The fourth-order valence-corrected chi connectivity index (χ4v) is 4.72. The molecule has 8 nitrogen and oxygen atoms in total. The first-order chi connectivity index (χ1) is 16.5. The van der Waals surface area contributed by atoms with Crippen molar-refractivity contribution >= 4 is 39.5 Å². The zero-order chi connectivity index (χ0) is 23.8. The number of carboxylic acids is 1. The van der Waals surface area contributed by atoms with Crippen LogP contribution in [0.15, 0.2) is 86.0 Å². The number of fused-ring (bicyclic) bond motifs is 2. The molecule has 2 N–H and O–H groups in total. The molecule has 34 heavy (non-hydrogen) atoms. The second-order valence-corrected chi connectivity index (χ2v) is 8.80. The molecular weight excluding hydrogens is 454 g/mol. The van der Waals surface area contributed by atoms with Crippen LogP contribution in [-0.4, -0.2) is 31.4 Å². The maximum Gasteiger partial charge on any atom is 0.332 e. The largest absolute Gasteiger partial charge is 0.480 e. The Kier molecular flexibility index (Phi) is 5.62. The molecule has 0 fully saturated rings. The fraction of sp³-hybridized carbons (Fsp3) is 0.160. The highest BCUT2D eigenvalue weighted by molar-refractivity contribution is 7.98. The quantitative estimate of drug-likeness (QED) is 0.346. The number of carbonyl (C=O) groups is 1. The summed E-state index contributed by atoms with van der Waals surface area (Å²) < 4.78 is 7.68. The molecule has 0 radical (unpaired) electrons. The minimum Gasteiger partial charge on any atom is -0.480 e. The summed E-state index contributed by atoms with van der Waals surface area (Å²) in [5, 5.41) is 11.3. The molecular formula is C25H21N3O5S. The summed E-state index contributed by atoms with van der Waals surface area (Å²) in [4.78, 5) is 43.6. The van der Waals surface area contributed by atoms with Crippen molar-refractivity contribution < 1.29 is 14.3 Å². The molecule has 0 aliphatic rings. The Labute approximate surface area is 197 Å². The maximum atomic E-state index is 13.6. The van der Waals surface area contributed by atoms with E-state index in [-0.39, 0.29) is 18.4 Å². The van der Waals surface area contributed by atoms with Gasteiger partial charge in [-0.3, -0.25) is 9.36 Å². The molecule has 2 aromatic carbocycles. The Hall–Kier alpha value is -3.98. The van der Waals surface area contributed by atoms with Crippen LogP contribution in [-0.2, 0) is 17.8 Å². The number of aliphatic carboxylic acids is 1. The zero-order valence-corrected chi connectivity index (χ0v) is 19.0. The van der Waals surface area contributed by atoms with Crippen LogP contribution in [0.4, 0.5) is 0 Å². The predicted octanol–water partition coefficient (Wildman–Crippen LogP) is 3.88. The van der Waals surface area contributed by atoms with Gasteiger partial charge in [-0.2, -0.15) is 0 Å². The third-order valence-electron chi connectivity index (χ3n) is 5.96. The van der Waals surface area contributed by atoms with E-state index in [4.69, 9.17) is 4.42 Å². The van der Waals surface area contributed by atoms with Gasteiger partial charge < -0.3 is 14.5 Å². The average Bonchev–Trinajstić information content (AvgIpc) is 3.51. The molecule has 0 aliphatic heterocycles. The minimum atomic E-state index is -1.38. The lowest BCUT2D eigenvalue weighted by atomic mass is 10.0. The Morgan fingerprint density at radius 3 is 2.68 bits per heavy atom. The maximum absolute atomic E-state index is 13.6. The molecule has 0 saturated heterocycles. The summed E-state index contributed by atoms with van der Waals surface area (Å²) in [6, 6.07) is 14.8. The summed E-state index contributed by atoms with van der Waals surface area (Å²) in [6.45, 7) is 0.0701. The lowest BCUT2D eigenvalue weighted by Gasteiger charge is -2.19. The number of aromatic amines is 1. The van der Waals surface area contributed by atoms with Crippen LogP contribution in [0.3, 0.4) is 0 Å². The number of thioether (sulfide) groups is 1. The van der Waals surface area contributed by atoms with Gasteiger partial charge in [-0.05, 0) is 48.2 Å². The summed E-state index contributed by atoms with van der Waals surface area (Å²) in [6.07, 6.45) is 5.08. The number of benzene rings is 2. The normalized spacial score (nSPS) is 12.4. The van der Waals surface area contributed by atoms with Gasteiger partial charge in [0.05, 0.1) is 23.7 Å². The first-order valence-corrected chi connectivity index (χ1v) is 11.8. The van der Waals surface area contributed by atoms with E-state index >= 15 is 0 Å². The van der Waals surface area contributed by atoms with Crippen molar-refractivity contribution in [3.8, 4) is 0 Å². The molecule has 5 aromatic rings. The van der Waals surface area contributed by atoms with Gasteiger partial charge in [0, 0.05) is 28.4 Å². The predicted molar refractivity (Wildman–Crippen MR) is 131 cm³/mol. The minimum absolute atomic E-state index is 0.0248. The summed E-state index contributed by atoms with van der Waals surface area (Å²) in [7, 11) is 0. The molecule has 1 unspecified atom stereocenters. The Bertz CT molecular complexity index is 1630. The van der Waals surface area contributed by atoms with E-state index in [1.54, 1.807) is 30.5 Å². The monoisotopic (exact) mass is 475 g/mol. The highest BCUT2D eigenvalue weighted by Gasteiger charge is 2.27. The number of carboxylic acid groups (broad SMARTS) is 1. The van der Waals surface area contributed by atoms with E-state index in [1.807, 2.05) is 36.6 Å². The van der Waals surface area contributed by atoms with Crippen molar-refractivity contribution in [3.63, 3.8) is 0 Å². The van der Waals surface area contributed by atoms with E-state index < -0.39 is 23.3 Å². The zero-order valence-electron chi connectivity index (χ0n) is 18.2. The number of rotatable bonds is 7. The standard InChI is InChI=1S/C25H21N3O5S/c1-34-17-8-9-21-19(12-17)23(29)28(25(32)27(21)14-16-5-4-10-33-16)22(24(30)31)11-15-13-26-20-7-3-2-6-18(15)20/h2-10,12-13,22,26H,11,14H2,1H3,(H,30,31). The number of aromatic nitrogens is 3. The van der Waals surface area contributed by atoms with Crippen molar-refractivity contribution in [1.29, 1.82) is 0 Å². The molecule has 0 spiro atoms. The number of hydrogen-bond donors (Lipinski definition) is 2. The fourth-order valence-electron chi connectivity index (χ4n) is 4.28. The summed E-state index contributed by atoms with van der Waals surface area (Å²) >= 11 is 1.46. The van der Waals surface area contributed by atoms with Crippen LogP contribution in [0, 0.1) is 0 Å². The highest BCUT2D eigenvalue weighted by atomic mass is 32.2. The first-order valence-electron chi connectivity index (χ1n) is 10.6. The number of hydrogen-bond acceptors (Lipinski definition) is 5. The van der Waals surface area contributed by atoms with Gasteiger partial charge in [-0.25, -0.2) is 14.2 Å². The summed E-state index contributed by atoms with van der Waals surface area (Å²) in [5.41, 5.74) is 0.672. The van der Waals surface area contributed by atoms with Gasteiger partial charge in [0.15, 0.2) is 0 Å². The van der Waals surface area contributed by atoms with Gasteiger partial charge in [-0.15, -0.1) is 11.8 Å². The highest BCUT2D eigenvalue weighted by Crippen LogP contribution is 2.24. The molecule has 5 rings (SSSR count). The molecule has 0 amide bonds. The number of nitrogens with one attached hydrogen (secondary N) is 1. The number of furan rings is 1. The van der Waals surface area contributed by atoms with Crippen LogP contribution in [0.1, 0.15) is 17.4 Å². The lowest BCUT2D eigenvalue weighted by Crippen LogP contribution is -2.45. The number of nitrogens with zero attached hydrogens (tertiary/aromatic N) is 2. The molecule has 0 aliphatic carbocycles. The van der Waals surface area contributed by atoms with Crippen LogP contribution >= 0.6 is 11.8 Å². The van der Waals surface area contributed by atoms with Crippen molar-refractivity contribution in [2.75, 3.05) is 6.26 Å². The van der Waals surface area contributed by atoms with E-state index in [9.17, 15) is 19.5 Å². The topological polar surface area (TPSA) is 110 Å². The van der Waals surface area contributed by atoms with Crippen molar-refractivity contribution in [3.05, 3.63) is 99.2 Å². The van der Waals surface area contributed by atoms with Crippen LogP contribution in [0.2, 0.25) is 0 Å². The Morgan fingerprint density at radius 2 is 1.94 bits per heavy atom. The third-order valence-corrected chi connectivity index (χ3v) is 6.69. The van der Waals surface area contributed by atoms with E-state index in [0.29, 0.717) is 16.8 Å². The average molecular weight is 476 g/mol. The molecule has 9 heteroatoms. The molecule has 3 aromatic heterocycles. The molecule has 1 atom stereocenters. The Balaban J connectivity index is 1.74. The van der Waals surface area contributed by atoms with Gasteiger partial charge >= 0.3 is 11.7 Å². The van der Waals surface area contributed by atoms with Crippen LogP contribution < -0.4 is 11.2 Å². The van der Waals surface area contributed by atoms with Crippen LogP contribution in [0.5, 0.6) is 0 Å². The smallest absolute Gasteiger partial charge is 0.332 e. The van der Waals surface area contributed by atoms with E-state index in [0.717, 1.165) is 20.4 Å². The molecule has 172 valence electrons. The number of H-pyrrole nitrogens is 1. The third kappa shape index (κ3) is 3.73. The second-order valence-electron chi connectivity index (χ2n) is 7.92. The molecule has 0 bridgehead atoms. The molecule has 3 heterocycles. The van der Waals surface area contributed by atoms with Crippen molar-refractivity contribution in [2.45, 2.75) is 23.9 Å².